The van der Waals surface area contributed by atoms with E-state index in [1.165, 1.54) is 6.92 Å². The summed E-state index contributed by atoms with van der Waals surface area (Å²) in [5.74, 6) is -0.202. The van der Waals surface area contributed by atoms with Crippen LogP contribution in [-0.4, -0.2) is 84.7 Å². The lowest BCUT2D eigenvalue weighted by Crippen LogP contribution is -2.31. The molecule has 0 saturated heterocycles. The molecule has 0 saturated carbocycles. The lowest BCUT2D eigenvalue weighted by atomic mass is 10.5. The smallest absolute Gasteiger partial charge is 0.246 e. The lowest BCUT2D eigenvalue weighted by Gasteiger charge is -2.08. The van der Waals surface area contributed by atoms with Crippen molar-refractivity contribution in [3.63, 3.8) is 0 Å². The van der Waals surface area contributed by atoms with Crippen molar-refractivity contribution < 1.29 is 28.5 Å². The number of amides is 1. The van der Waals surface area contributed by atoms with Gasteiger partial charge < -0.3 is 29.6 Å². The van der Waals surface area contributed by atoms with Gasteiger partial charge in [0, 0.05) is 13.1 Å². The van der Waals surface area contributed by atoms with Crippen LogP contribution in [0.2, 0.25) is 0 Å². The fourth-order valence-electron chi connectivity index (χ4n) is 1.31. The molecule has 8 heteroatoms. The summed E-state index contributed by atoms with van der Waals surface area (Å²) < 4.78 is 20.7. The average Bonchev–Trinajstić information content (AvgIpc) is 2.48. The van der Waals surface area contributed by atoms with E-state index < -0.39 is 0 Å². The monoisotopic (exact) mass is 320 g/mol. The number of rotatable bonds is 16. The molecule has 2 N–H and O–H groups in total. The number of nitrogens with one attached hydrogen (secondary N) is 2. The van der Waals surface area contributed by atoms with Gasteiger partial charge in [-0.05, 0) is 14.0 Å². The van der Waals surface area contributed by atoms with Crippen LogP contribution in [0.25, 0.3) is 0 Å². The Labute approximate surface area is 131 Å². The highest BCUT2D eigenvalue weighted by atomic mass is 16.5. The van der Waals surface area contributed by atoms with E-state index in [1.54, 1.807) is 0 Å². The van der Waals surface area contributed by atoms with Crippen molar-refractivity contribution in [3.05, 3.63) is 0 Å². The predicted molar refractivity (Wildman–Crippen MR) is 80.9 cm³/mol. The van der Waals surface area contributed by atoms with Gasteiger partial charge in [-0.3, -0.25) is 9.59 Å². The number of likely N-dealkylation sites (N-methyl/N-ethyl adjacent to an activating group) is 1. The van der Waals surface area contributed by atoms with Gasteiger partial charge in [0.25, 0.3) is 0 Å². The first-order chi connectivity index (χ1) is 10.7. The molecule has 130 valence electrons. The molecule has 0 aliphatic heterocycles. The zero-order chi connectivity index (χ0) is 16.5. The van der Waals surface area contributed by atoms with Crippen molar-refractivity contribution >= 4 is 11.7 Å². The van der Waals surface area contributed by atoms with Gasteiger partial charge in [-0.25, -0.2) is 0 Å². The first kappa shape index (κ1) is 20.9. The predicted octanol–water partition coefficient (Wildman–Crippen LogP) is -1.02. The van der Waals surface area contributed by atoms with Crippen LogP contribution >= 0.6 is 0 Å². The number of Topliss-reactive ketones (excluding diaryl/α,β-unsaturated/α-hetero) is 1. The van der Waals surface area contributed by atoms with Crippen molar-refractivity contribution in [2.45, 2.75) is 6.92 Å². The molecule has 0 bridgehead atoms. The van der Waals surface area contributed by atoms with Crippen LogP contribution < -0.4 is 10.6 Å². The molecule has 0 unspecified atom stereocenters. The molecule has 0 aromatic carbocycles. The lowest BCUT2D eigenvalue weighted by molar-refractivity contribution is -0.126. The quantitative estimate of drug-likeness (QED) is 0.351. The molecule has 0 fully saturated rings. The zero-order valence-electron chi connectivity index (χ0n) is 13.5. The van der Waals surface area contributed by atoms with Crippen molar-refractivity contribution in [1.82, 2.24) is 10.6 Å². The third-order valence-corrected chi connectivity index (χ3v) is 2.35. The Morgan fingerprint density at radius 2 is 1.32 bits per heavy atom. The molecular formula is C14H28N2O6. The standard InChI is InChI=1S/C14H28N2O6/c1-13(17)11-21-9-7-20-6-4-16-14(18)12-22-10-8-19-5-3-15-2/h15H,3-12H2,1-2H3,(H,16,18). The molecule has 22 heavy (non-hydrogen) atoms. The summed E-state index contributed by atoms with van der Waals surface area (Å²) in [6.07, 6.45) is 0. The van der Waals surface area contributed by atoms with E-state index in [-0.39, 0.29) is 24.9 Å². The molecule has 1 amide bonds. The average molecular weight is 320 g/mol. The van der Waals surface area contributed by atoms with Gasteiger partial charge in [0.15, 0.2) is 5.78 Å². The van der Waals surface area contributed by atoms with E-state index in [4.69, 9.17) is 18.9 Å². The minimum atomic E-state index is -0.188. The second-order valence-corrected chi connectivity index (χ2v) is 4.49. The van der Waals surface area contributed by atoms with Crippen molar-refractivity contribution in [2.24, 2.45) is 0 Å². The highest BCUT2D eigenvalue weighted by Crippen LogP contribution is 1.81. The molecule has 0 rings (SSSR count). The van der Waals surface area contributed by atoms with Gasteiger partial charge in [-0.15, -0.1) is 0 Å². The van der Waals surface area contributed by atoms with Gasteiger partial charge in [0.05, 0.1) is 39.6 Å². The van der Waals surface area contributed by atoms with Gasteiger partial charge in [-0.2, -0.15) is 0 Å². The molecular weight excluding hydrogens is 292 g/mol. The molecule has 0 aromatic rings. The Balaban J connectivity index is 3.17. The topological polar surface area (TPSA) is 95.1 Å². The number of carbonyl (C=O) groups excluding carboxylic acids is 2. The minimum absolute atomic E-state index is 0.0110. The second-order valence-electron chi connectivity index (χ2n) is 4.49. The summed E-state index contributed by atoms with van der Waals surface area (Å²) in [6.45, 7) is 5.42. The highest BCUT2D eigenvalue weighted by molar-refractivity contribution is 5.77. The summed E-state index contributed by atoms with van der Waals surface area (Å²) in [4.78, 5) is 22.0. The Hall–Kier alpha value is -1.06. The number of ether oxygens (including phenoxy) is 4. The van der Waals surface area contributed by atoms with Crippen LogP contribution in [0.1, 0.15) is 6.92 Å². The first-order valence-electron chi connectivity index (χ1n) is 7.38. The maximum Gasteiger partial charge on any atom is 0.246 e. The van der Waals surface area contributed by atoms with Crippen molar-refractivity contribution in [1.29, 1.82) is 0 Å². The highest BCUT2D eigenvalue weighted by Gasteiger charge is 2.00. The fraction of sp³-hybridized carbons (Fsp3) is 0.857. The Morgan fingerprint density at radius 3 is 1.91 bits per heavy atom. The maximum absolute atomic E-state index is 11.4. The largest absolute Gasteiger partial charge is 0.378 e. The molecule has 0 aliphatic rings. The van der Waals surface area contributed by atoms with Crippen molar-refractivity contribution in [2.75, 3.05) is 73.0 Å². The van der Waals surface area contributed by atoms with Crippen LogP contribution in [0.15, 0.2) is 0 Å². The summed E-state index contributed by atoms with van der Waals surface area (Å²) in [7, 11) is 1.85. The van der Waals surface area contributed by atoms with Gasteiger partial charge in [-0.1, -0.05) is 0 Å². The molecule has 0 radical (unpaired) electrons. The number of hydrogen-bond donors (Lipinski definition) is 2. The Kier molecular flexibility index (Phi) is 15.5. The normalized spacial score (nSPS) is 10.6. The third-order valence-electron chi connectivity index (χ3n) is 2.35. The minimum Gasteiger partial charge on any atom is -0.378 e. The van der Waals surface area contributed by atoms with Gasteiger partial charge in [0.1, 0.15) is 13.2 Å². The maximum atomic E-state index is 11.4. The van der Waals surface area contributed by atoms with E-state index in [0.29, 0.717) is 46.2 Å². The summed E-state index contributed by atoms with van der Waals surface area (Å²) in [5, 5.41) is 5.63. The number of ketones is 1. The third kappa shape index (κ3) is 17.0. The summed E-state index contributed by atoms with van der Waals surface area (Å²) in [6, 6.07) is 0. The van der Waals surface area contributed by atoms with Crippen LogP contribution in [-0.2, 0) is 28.5 Å². The van der Waals surface area contributed by atoms with Crippen LogP contribution in [0.5, 0.6) is 0 Å². The van der Waals surface area contributed by atoms with E-state index in [0.717, 1.165) is 6.54 Å². The van der Waals surface area contributed by atoms with E-state index in [9.17, 15) is 9.59 Å². The summed E-state index contributed by atoms with van der Waals surface area (Å²) in [5.41, 5.74) is 0. The Morgan fingerprint density at radius 1 is 0.773 bits per heavy atom. The van der Waals surface area contributed by atoms with Gasteiger partial charge in [0.2, 0.25) is 5.91 Å². The van der Waals surface area contributed by atoms with E-state index in [2.05, 4.69) is 10.6 Å². The van der Waals surface area contributed by atoms with Crippen LogP contribution in [0.4, 0.5) is 0 Å². The number of hydrogen-bond acceptors (Lipinski definition) is 7. The molecule has 0 aromatic heterocycles. The molecule has 0 aliphatic carbocycles. The van der Waals surface area contributed by atoms with Crippen LogP contribution in [0, 0.1) is 0 Å². The Bertz CT molecular complexity index is 289. The molecule has 8 nitrogen and oxygen atoms in total. The second kappa shape index (κ2) is 16.3. The molecule has 0 atom stereocenters. The van der Waals surface area contributed by atoms with Crippen molar-refractivity contribution in [3.8, 4) is 0 Å². The summed E-state index contributed by atoms with van der Waals surface area (Å²) >= 11 is 0. The van der Waals surface area contributed by atoms with E-state index in [1.807, 2.05) is 7.05 Å². The fourth-order valence-corrected chi connectivity index (χ4v) is 1.31. The number of carbonyl (C=O) groups is 2. The SMILES string of the molecule is CNCCOCCOCC(=O)NCCOCCOCC(C)=O. The van der Waals surface area contributed by atoms with E-state index >= 15 is 0 Å². The molecule has 0 heterocycles. The first-order valence-corrected chi connectivity index (χ1v) is 7.38. The zero-order valence-corrected chi connectivity index (χ0v) is 13.5. The van der Waals surface area contributed by atoms with Crippen LogP contribution in [0.3, 0.4) is 0 Å². The molecule has 0 spiro atoms. The van der Waals surface area contributed by atoms with Gasteiger partial charge >= 0.3 is 0 Å².